The first-order chi connectivity index (χ1) is 10.7. The van der Waals surface area contributed by atoms with Crippen molar-refractivity contribution in [1.82, 2.24) is 15.0 Å². The molecule has 0 saturated carbocycles. The highest BCUT2D eigenvalue weighted by atomic mass is 16.5. The topological polar surface area (TPSA) is 117 Å². The lowest BCUT2D eigenvalue weighted by Gasteiger charge is -2.20. The van der Waals surface area contributed by atoms with E-state index in [1.807, 2.05) is 25.8 Å². The van der Waals surface area contributed by atoms with Crippen molar-refractivity contribution in [3.05, 3.63) is 50.6 Å². The number of rotatable bonds is 3. The van der Waals surface area contributed by atoms with Crippen LogP contribution in [-0.4, -0.2) is 26.5 Å². The summed E-state index contributed by atoms with van der Waals surface area (Å²) < 4.78 is 5.62. The molecular formula is C15H18N4O4. The molecule has 8 nitrogen and oxygen atoms in total. The molecule has 0 aromatic carbocycles. The summed E-state index contributed by atoms with van der Waals surface area (Å²) in [7, 11) is 0. The first-order valence-electron chi connectivity index (χ1n) is 6.95. The van der Waals surface area contributed by atoms with Crippen molar-refractivity contribution in [2.24, 2.45) is 0 Å². The van der Waals surface area contributed by atoms with Crippen LogP contribution in [0.1, 0.15) is 37.0 Å². The number of amides is 1. The maximum Gasteiger partial charge on any atom is 0.326 e. The van der Waals surface area contributed by atoms with Gasteiger partial charge in [0.15, 0.2) is 0 Å². The third kappa shape index (κ3) is 4.29. The fourth-order valence-electron chi connectivity index (χ4n) is 1.86. The summed E-state index contributed by atoms with van der Waals surface area (Å²) in [6.45, 7) is 7.22. The van der Waals surface area contributed by atoms with Gasteiger partial charge in [0, 0.05) is 5.69 Å². The second-order valence-electron chi connectivity index (χ2n) is 5.96. The molecule has 122 valence electrons. The zero-order valence-corrected chi connectivity index (χ0v) is 13.3. The van der Waals surface area contributed by atoms with Gasteiger partial charge in [0.1, 0.15) is 22.7 Å². The number of aromatic amines is 2. The molecule has 0 saturated heterocycles. The summed E-state index contributed by atoms with van der Waals surface area (Å²) in [6, 6.07) is 3.11. The average Bonchev–Trinajstić information content (AvgIpc) is 2.41. The van der Waals surface area contributed by atoms with Crippen LogP contribution in [0, 0.1) is 6.92 Å². The smallest absolute Gasteiger partial charge is 0.326 e. The monoisotopic (exact) mass is 318 g/mol. The second-order valence-corrected chi connectivity index (χ2v) is 5.96. The maximum atomic E-state index is 12.1. The summed E-state index contributed by atoms with van der Waals surface area (Å²) in [5.74, 6) is -0.0277. The number of H-pyrrole nitrogens is 2. The van der Waals surface area contributed by atoms with E-state index in [1.54, 1.807) is 6.07 Å². The van der Waals surface area contributed by atoms with Crippen LogP contribution in [0.4, 0.5) is 5.69 Å². The molecule has 0 aliphatic rings. The normalized spacial score (nSPS) is 11.1. The van der Waals surface area contributed by atoms with Crippen LogP contribution in [0.25, 0.3) is 0 Å². The van der Waals surface area contributed by atoms with Crippen LogP contribution in [0.3, 0.4) is 0 Å². The van der Waals surface area contributed by atoms with Crippen LogP contribution in [-0.2, 0) is 0 Å². The van der Waals surface area contributed by atoms with E-state index in [2.05, 4.69) is 15.3 Å². The van der Waals surface area contributed by atoms with Gasteiger partial charge in [-0.05, 0) is 39.8 Å². The summed E-state index contributed by atoms with van der Waals surface area (Å²) >= 11 is 0. The zero-order chi connectivity index (χ0) is 17.2. The number of nitrogens with zero attached hydrogens (tertiary/aromatic N) is 1. The Morgan fingerprint density at radius 1 is 1.22 bits per heavy atom. The lowest BCUT2D eigenvalue weighted by molar-refractivity contribution is 0.102. The van der Waals surface area contributed by atoms with E-state index in [0.29, 0.717) is 5.75 Å². The molecule has 8 heteroatoms. The van der Waals surface area contributed by atoms with Gasteiger partial charge < -0.3 is 15.0 Å². The highest BCUT2D eigenvalue weighted by Gasteiger charge is 2.15. The van der Waals surface area contributed by atoms with E-state index < -0.39 is 17.2 Å². The lowest BCUT2D eigenvalue weighted by atomic mass is 10.2. The van der Waals surface area contributed by atoms with Crippen molar-refractivity contribution in [3.63, 3.8) is 0 Å². The number of hydrogen-bond acceptors (Lipinski definition) is 5. The summed E-state index contributed by atoms with van der Waals surface area (Å²) in [6.07, 6.45) is 1.43. The fourth-order valence-corrected chi connectivity index (χ4v) is 1.86. The van der Waals surface area contributed by atoms with Gasteiger partial charge in [-0.3, -0.25) is 14.6 Å². The Bertz CT molecular complexity index is 828. The number of carbonyl (C=O) groups excluding carboxylic acids is 1. The number of ether oxygens (including phenoxy) is 1. The first kappa shape index (κ1) is 16.5. The number of anilines is 1. The molecule has 0 aliphatic heterocycles. The Balaban J connectivity index is 2.19. The highest BCUT2D eigenvalue weighted by molar-refractivity contribution is 6.03. The molecule has 1 amide bonds. The summed E-state index contributed by atoms with van der Waals surface area (Å²) in [5, 5.41) is 2.43. The van der Waals surface area contributed by atoms with Crippen molar-refractivity contribution < 1.29 is 9.53 Å². The van der Waals surface area contributed by atoms with Crippen molar-refractivity contribution >= 4 is 11.6 Å². The molecule has 0 aliphatic carbocycles. The molecule has 0 radical (unpaired) electrons. The largest absolute Gasteiger partial charge is 0.487 e. The third-order valence-electron chi connectivity index (χ3n) is 2.76. The van der Waals surface area contributed by atoms with Crippen molar-refractivity contribution in [1.29, 1.82) is 0 Å². The molecule has 23 heavy (non-hydrogen) atoms. The minimum atomic E-state index is -0.674. The molecule has 0 atom stereocenters. The molecule has 0 bridgehead atoms. The molecule has 2 aromatic rings. The Kier molecular flexibility index (Phi) is 4.35. The maximum absolute atomic E-state index is 12.1. The Morgan fingerprint density at radius 2 is 1.91 bits per heavy atom. The van der Waals surface area contributed by atoms with Crippen LogP contribution < -0.4 is 21.3 Å². The molecule has 2 heterocycles. The number of carbonyl (C=O) groups is 1. The summed E-state index contributed by atoms with van der Waals surface area (Å²) in [4.78, 5) is 43.4. The predicted molar refractivity (Wildman–Crippen MR) is 85.0 cm³/mol. The molecule has 0 unspecified atom stereocenters. The van der Waals surface area contributed by atoms with Gasteiger partial charge in [0.2, 0.25) is 0 Å². The molecule has 3 N–H and O–H groups in total. The highest BCUT2D eigenvalue weighted by Crippen LogP contribution is 2.17. The minimum Gasteiger partial charge on any atom is -0.487 e. The molecular weight excluding hydrogens is 300 g/mol. The van der Waals surface area contributed by atoms with Crippen molar-refractivity contribution in [2.45, 2.75) is 33.3 Å². The number of nitrogens with one attached hydrogen (secondary N) is 3. The third-order valence-corrected chi connectivity index (χ3v) is 2.76. The predicted octanol–water partition coefficient (Wildman–Crippen LogP) is 1.20. The Hall–Kier alpha value is -2.90. The van der Waals surface area contributed by atoms with Gasteiger partial charge in [-0.1, -0.05) is 0 Å². The van der Waals surface area contributed by atoms with Gasteiger partial charge in [-0.25, -0.2) is 9.78 Å². The Labute approximate surface area is 131 Å². The van der Waals surface area contributed by atoms with Crippen molar-refractivity contribution in [2.75, 3.05) is 5.32 Å². The van der Waals surface area contributed by atoms with Gasteiger partial charge in [0.25, 0.3) is 11.5 Å². The van der Waals surface area contributed by atoms with E-state index in [9.17, 15) is 14.4 Å². The molecule has 0 spiro atoms. The first-order valence-corrected chi connectivity index (χ1v) is 6.95. The van der Waals surface area contributed by atoms with E-state index in [-0.39, 0.29) is 22.7 Å². The molecule has 2 rings (SSSR count). The van der Waals surface area contributed by atoms with Gasteiger partial charge >= 0.3 is 5.69 Å². The van der Waals surface area contributed by atoms with E-state index in [0.717, 1.165) is 0 Å². The van der Waals surface area contributed by atoms with E-state index in [1.165, 1.54) is 19.2 Å². The molecule has 0 fully saturated rings. The van der Waals surface area contributed by atoms with Gasteiger partial charge in [0.05, 0.1) is 6.20 Å². The Morgan fingerprint density at radius 3 is 2.43 bits per heavy atom. The van der Waals surface area contributed by atoms with Crippen LogP contribution in [0.5, 0.6) is 5.75 Å². The van der Waals surface area contributed by atoms with E-state index >= 15 is 0 Å². The number of aryl methyl sites for hydroxylation is 1. The SMILES string of the molecule is Cc1[nH]c(=O)[nH]c(=O)c1NC(=O)c1ccc(OC(C)(C)C)cn1. The zero-order valence-electron chi connectivity index (χ0n) is 13.3. The fraction of sp³-hybridized carbons (Fsp3) is 0.333. The number of aromatic nitrogens is 3. The number of hydrogen-bond donors (Lipinski definition) is 3. The minimum absolute atomic E-state index is 0.0218. The van der Waals surface area contributed by atoms with Gasteiger partial charge in [-0.2, -0.15) is 0 Å². The van der Waals surface area contributed by atoms with Gasteiger partial charge in [-0.15, -0.1) is 0 Å². The van der Waals surface area contributed by atoms with E-state index in [4.69, 9.17) is 4.74 Å². The lowest BCUT2D eigenvalue weighted by Crippen LogP contribution is -2.29. The standard InChI is InChI=1S/C15H18N4O4/c1-8-11(13(21)19-14(22)17-8)18-12(20)10-6-5-9(7-16-10)23-15(2,3)4/h5-7H,1-4H3,(H,18,20)(H2,17,19,21,22). The quantitative estimate of drug-likeness (QED) is 0.786. The van der Waals surface area contributed by atoms with Crippen LogP contribution >= 0.6 is 0 Å². The van der Waals surface area contributed by atoms with Crippen LogP contribution in [0.2, 0.25) is 0 Å². The average molecular weight is 318 g/mol. The number of pyridine rings is 1. The second kappa shape index (κ2) is 6.07. The van der Waals surface area contributed by atoms with Crippen molar-refractivity contribution in [3.8, 4) is 5.75 Å². The van der Waals surface area contributed by atoms with Crippen LogP contribution in [0.15, 0.2) is 27.9 Å². The molecule has 2 aromatic heterocycles. The summed E-state index contributed by atoms with van der Waals surface area (Å²) in [5.41, 5.74) is -1.31.